The number of carbonyl (C=O) groups is 1. The Bertz CT molecular complexity index is 985. The van der Waals surface area contributed by atoms with Crippen molar-refractivity contribution < 1.29 is 4.79 Å². The molecule has 0 aliphatic carbocycles. The van der Waals surface area contributed by atoms with Crippen molar-refractivity contribution in [2.75, 3.05) is 5.32 Å². The summed E-state index contributed by atoms with van der Waals surface area (Å²) >= 11 is 0. The van der Waals surface area contributed by atoms with Crippen molar-refractivity contribution in [2.45, 2.75) is 34.6 Å². The maximum Gasteiger partial charge on any atom is 0.193 e. The molecule has 3 aromatic rings. The third kappa shape index (κ3) is 3.55. The zero-order valence-electron chi connectivity index (χ0n) is 16.1. The van der Waals surface area contributed by atoms with Gasteiger partial charge in [-0.3, -0.25) is 4.79 Å². The third-order valence-electron chi connectivity index (χ3n) is 4.98. The van der Waals surface area contributed by atoms with E-state index in [9.17, 15) is 4.79 Å². The van der Waals surface area contributed by atoms with Gasteiger partial charge in [-0.05, 0) is 92.8 Å². The van der Waals surface area contributed by atoms with Crippen LogP contribution in [-0.4, -0.2) is 5.78 Å². The summed E-state index contributed by atoms with van der Waals surface area (Å²) in [6.45, 7) is 10.2. The quantitative estimate of drug-likeness (QED) is 0.571. The Morgan fingerprint density at radius 3 is 2.00 bits per heavy atom. The summed E-state index contributed by atoms with van der Waals surface area (Å²) in [7, 11) is 0. The van der Waals surface area contributed by atoms with Crippen molar-refractivity contribution in [2.24, 2.45) is 0 Å². The zero-order valence-corrected chi connectivity index (χ0v) is 16.1. The molecule has 0 atom stereocenters. The fourth-order valence-corrected chi connectivity index (χ4v) is 3.22. The lowest BCUT2D eigenvalue weighted by Gasteiger charge is -2.13. The molecule has 0 aromatic heterocycles. The fraction of sp³-hybridized carbons (Fsp3) is 0.208. The van der Waals surface area contributed by atoms with Crippen LogP contribution >= 0.6 is 0 Å². The van der Waals surface area contributed by atoms with E-state index in [4.69, 9.17) is 0 Å². The molecule has 2 nitrogen and oxygen atoms in total. The molecule has 0 saturated carbocycles. The van der Waals surface area contributed by atoms with Gasteiger partial charge in [-0.1, -0.05) is 24.3 Å². The van der Waals surface area contributed by atoms with E-state index in [1.54, 1.807) is 0 Å². The number of rotatable bonds is 4. The molecule has 0 aliphatic rings. The normalized spacial score (nSPS) is 10.7. The van der Waals surface area contributed by atoms with Crippen LogP contribution in [0.15, 0.2) is 54.6 Å². The first-order valence-electron chi connectivity index (χ1n) is 8.92. The number of aryl methyl sites for hydroxylation is 5. The summed E-state index contributed by atoms with van der Waals surface area (Å²) < 4.78 is 0. The summed E-state index contributed by atoms with van der Waals surface area (Å²) in [6.07, 6.45) is 0. The van der Waals surface area contributed by atoms with Crippen LogP contribution < -0.4 is 5.32 Å². The van der Waals surface area contributed by atoms with E-state index >= 15 is 0 Å². The predicted octanol–water partition coefficient (Wildman–Crippen LogP) is 6.20. The lowest BCUT2D eigenvalue weighted by atomic mass is 9.93. The Hall–Kier alpha value is -2.87. The Kier molecular flexibility index (Phi) is 4.94. The summed E-state index contributed by atoms with van der Waals surface area (Å²) in [4.78, 5) is 13.1. The lowest BCUT2D eigenvalue weighted by Crippen LogP contribution is -2.07. The summed E-state index contributed by atoms with van der Waals surface area (Å²) in [5.41, 5.74) is 9.17. The number of benzene rings is 3. The van der Waals surface area contributed by atoms with E-state index < -0.39 is 0 Å². The SMILES string of the molecule is Cc1cc(C)c(C(=O)c2ccc(Nc3ccccc3C)cc2C)cc1C. The van der Waals surface area contributed by atoms with E-state index in [1.165, 1.54) is 11.1 Å². The van der Waals surface area contributed by atoms with Gasteiger partial charge in [-0.25, -0.2) is 0 Å². The molecule has 0 unspecified atom stereocenters. The largest absolute Gasteiger partial charge is 0.355 e. The first-order chi connectivity index (χ1) is 12.4. The highest BCUT2D eigenvalue weighted by molar-refractivity contribution is 6.11. The minimum absolute atomic E-state index is 0.0885. The molecule has 132 valence electrons. The van der Waals surface area contributed by atoms with Crippen LogP contribution in [0.25, 0.3) is 0 Å². The standard InChI is InChI=1S/C24H25NO/c1-15-8-6-7-9-23(15)25-20-10-11-21(19(5)13-20)24(26)22-14-17(3)16(2)12-18(22)4/h6-14,25H,1-5H3. The van der Waals surface area contributed by atoms with Crippen LogP contribution in [0.1, 0.15) is 43.7 Å². The van der Waals surface area contributed by atoms with E-state index in [1.807, 2.05) is 57.2 Å². The van der Waals surface area contributed by atoms with Gasteiger partial charge >= 0.3 is 0 Å². The molecule has 3 aromatic carbocycles. The monoisotopic (exact) mass is 343 g/mol. The van der Waals surface area contributed by atoms with E-state index in [0.717, 1.165) is 39.2 Å². The zero-order chi connectivity index (χ0) is 18.8. The molecule has 26 heavy (non-hydrogen) atoms. The van der Waals surface area contributed by atoms with Crippen LogP contribution in [0, 0.1) is 34.6 Å². The maximum absolute atomic E-state index is 13.1. The molecule has 0 bridgehead atoms. The number of hydrogen-bond donors (Lipinski definition) is 1. The highest BCUT2D eigenvalue weighted by atomic mass is 16.1. The summed E-state index contributed by atoms with van der Waals surface area (Å²) in [5.74, 6) is 0.0885. The molecular weight excluding hydrogens is 318 g/mol. The molecule has 0 fully saturated rings. The molecule has 3 rings (SSSR count). The van der Waals surface area contributed by atoms with Crippen LogP contribution in [0.2, 0.25) is 0 Å². The minimum atomic E-state index is 0.0885. The number of ketones is 1. The topological polar surface area (TPSA) is 29.1 Å². The Morgan fingerprint density at radius 1 is 0.654 bits per heavy atom. The molecule has 0 heterocycles. The maximum atomic E-state index is 13.1. The fourth-order valence-electron chi connectivity index (χ4n) is 3.22. The van der Waals surface area contributed by atoms with Gasteiger partial charge in [0, 0.05) is 22.5 Å². The van der Waals surface area contributed by atoms with E-state index in [-0.39, 0.29) is 5.78 Å². The molecule has 0 radical (unpaired) electrons. The van der Waals surface area contributed by atoms with Crippen LogP contribution in [0.3, 0.4) is 0 Å². The van der Waals surface area contributed by atoms with Crippen molar-refractivity contribution >= 4 is 17.2 Å². The molecular formula is C24H25NO. The number of para-hydroxylation sites is 1. The van der Waals surface area contributed by atoms with E-state index in [2.05, 4.69) is 37.4 Å². The van der Waals surface area contributed by atoms with Crippen molar-refractivity contribution in [1.82, 2.24) is 0 Å². The molecule has 1 N–H and O–H groups in total. The minimum Gasteiger partial charge on any atom is -0.355 e. The number of hydrogen-bond acceptors (Lipinski definition) is 2. The Balaban J connectivity index is 1.92. The van der Waals surface area contributed by atoms with Gasteiger partial charge in [-0.15, -0.1) is 0 Å². The van der Waals surface area contributed by atoms with Gasteiger partial charge in [0.25, 0.3) is 0 Å². The first-order valence-corrected chi connectivity index (χ1v) is 8.92. The number of carbonyl (C=O) groups excluding carboxylic acids is 1. The van der Waals surface area contributed by atoms with Gasteiger partial charge in [-0.2, -0.15) is 0 Å². The number of nitrogens with one attached hydrogen (secondary N) is 1. The van der Waals surface area contributed by atoms with E-state index in [0.29, 0.717) is 0 Å². The van der Waals surface area contributed by atoms with Gasteiger partial charge in [0.15, 0.2) is 5.78 Å². The highest BCUT2D eigenvalue weighted by Gasteiger charge is 2.15. The van der Waals surface area contributed by atoms with Crippen LogP contribution in [0.4, 0.5) is 11.4 Å². The Morgan fingerprint density at radius 2 is 1.31 bits per heavy atom. The molecule has 0 aliphatic heterocycles. The molecule has 0 spiro atoms. The number of anilines is 2. The van der Waals surface area contributed by atoms with Gasteiger partial charge < -0.3 is 5.32 Å². The average molecular weight is 343 g/mol. The van der Waals surface area contributed by atoms with Crippen LogP contribution in [0.5, 0.6) is 0 Å². The highest BCUT2D eigenvalue weighted by Crippen LogP contribution is 2.25. The van der Waals surface area contributed by atoms with Gasteiger partial charge in [0.2, 0.25) is 0 Å². The Labute approximate surface area is 155 Å². The van der Waals surface area contributed by atoms with Crippen LogP contribution in [-0.2, 0) is 0 Å². The summed E-state index contributed by atoms with van der Waals surface area (Å²) in [5, 5.41) is 3.44. The second-order valence-corrected chi connectivity index (χ2v) is 7.05. The van der Waals surface area contributed by atoms with Crippen molar-refractivity contribution in [3.05, 3.63) is 93.5 Å². The van der Waals surface area contributed by atoms with Crippen molar-refractivity contribution in [1.29, 1.82) is 0 Å². The summed E-state index contributed by atoms with van der Waals surface area (Å²) in [6, 6.07) is 18.2. The predicted molar refractivity (Wildman–Crippen MR) is 110 cm³/mol. The van der Waals surface area contributed by atoms with Crippen molar-refractivity contribution in [3.63, 3.8) is 0 Å². The molecule has 2 heteroatoms. The third-order valence-corrected chi connectivity index (χ3v) is 4.98. The molecule has 0 amide bonds. The van der Waals surface area contributed by atoms with Crippen molar-refractivity contribution in [3.8, 4) is 0 Å². The van der Waals surface area contributed by atoms with Gasteiger partial charge in [0.05, 0.1) is 0 Å². The second-order valence-electron chi connectivity index (χ2n) is 7.05. The average Bonchev–Trinajstić information content (AvgIpc) is 2.60. The van der Waals surface area contributed by atoms with Gasteiger partial charge in [0.1, 0.15) is 0 Å². The lowest BCUT2D eigenvalue weighted by molar-refractivity contribution is 0.103. The first kappa shape index (κ1) is 17.9. The second kappa shape index (κ2) is 7.17. The molecule has 0 saturated heterocycles. The smallest absolute Gasteiger partial charge is 0.193 e.